The average molecular weight is 261 g/mol. The molecule has 1 amide bonds. The first-order valence-corrected chi connectivity index (χ1v) is 6.60. The monoisotopic (exact) mass is 261 g/mol. The van der Waals surface area contributed by atoms with E-state index in [2.05, 4.69) is 5.32 Å². The third-order valence-corrected chi connectivity index (χ3v) is 2.51. The molecule has 3 heteroatoms. The lowest BCUT2D eigenvalue weighted by atomic mass is 10.1. The summed E-state index contributed by atoms with van der Waals surface area (Å²) in [5.74, 6) is 0.762. The van der Waals surface area contributed by atoms with E-state index >= 15 is 0 Å². The zero-order valence-corrected chi connectivity index (χ0v) is 12.4. The second kappa shape index (κ2) is 6.98. The Morgan fingerprint density at radius 1 is 1.26 bits per heavy atom. The first-order chi connectivity index (χ1) is 8.88. The van der Waals surface area contributed by atoms with Crippen LogP contribution in [0.25, 0.3) is 0 Å². The molecule has 0 aromatic heterocycles. The first-order valence-electron chi connectivity index (χ1n) is 6.60. The summed E-state index contributed by atoms with van der Waals surface area (Å²) in [6.07, 6.45) is 1.75. The Labute approximate surface area is 115 Å². The van der Waals surface area contributed by atoms with Gasteiger partial charge in [0.25, 0.3) is 0 Å². The second-order valence-corrected chi connectivity index (χ2v) is 5.19. The van der Waals surface area contributed by atoms with Gasteiger partial charge in [-0.05, 0) is 52.3 Å². The van der Waals surface area contributed by atoms with E-state index in [0.717, 1.165) is 16.9 Å². The summed E-state index contributed by atoms with van der Waals surface area (Å²) in [6, 6.07) is 7.78. The van der Waals surface area contributed by atoms with Gasteiger partial charge in [-0.3, -0.25) is 4.79 Å². The standard InChI is InChI=1S/C16H23NO2/c1-11(2)9-16(18)17-13(5)14-7-6-8-15(10-14)19-12(3)4/h6-10,12-13H,1-5H3,(H,17,18). The van der Waals surface area contributed by atoms with Crippen molar-refractivity contribution in [3.8, 4) is 5.75 Å². The summed E-state index contributed by atoms with van der Waals surface area (Å²) in [7, 11) is 0. The van der Waals surface area contributed by atoms with Crippen LogP contribution in [0.5, 0.6) is 5.75 Å². The molecule has 104 valence electrons. The van der Waals surface area contributed by atoms with Crippen molar-refractivity contribution in [1.29, 1.82) is 0 Å². The Balaban J connectivity index is 2.74. The van der Waals surface area contributed by atoms with E-state index in [9.17, 15) is 4.79 Å². The fraction of sp³-hybridized carbons (Fsp3) is 0.438. The molecule has 1 rings (SSSR count). The van der Waals surface area contributed by atoms with Crippen LogP contribution >= 0.6 is 0 Å². The predicted octanol–water partition coefficient (Wildman–Crippen LogP) is 3.62. The van der Waals surface area contributed by atoms with Gasteiger partial charge >= 0.3 is 0 Å². The van der Waals surface area contributed by atoms with E-state index < -0.39 is 0 Å². The Bertz CT molecular complexity index is 460. The summed E-state index contributed by atoms with van der Waals surface area (Å²) in [5.41, 5.74) is 2.02. The van der Waals surface area contributed by atoms with E-state index in [1.165, 1.54) is 0 Å². The molecule has 1 unspecified atom stereocenters. The van der Waals surface area contributed by atoms with Gasteiger partial charge in [-0.2, -0.15) is 0 Å². The van der Waals surface area contributed by atoms with Crippen molar-refractivity contribution in [2.24, 2.45) is 0 Å². The molecule has 0 heterocycles. The highest BCUT2D eigenvalue weighted by Crippen LogP contribution is 2.20. The minimum Gasteiger partial charge on any atom is -0.491 e. The van der Waals surface area contributed by atoms with E-state index in [4.69, 9.17) is 4.74 Å². The maximum atomic E-state index is 11.7. The van der Waals surface area contributed by atoms with Crippen molar-refractivity contribution in [3.05, 3.63) is 41.5 Å². The molecule has 1 N–H and O–H groups in total. The van der Waals surface area contributed by atoms with E-state index in [1.54, 1.807) is 6.08 Å². The zero-order chi connectivity index (χ0) is 14.4. The number of carbonyl (C=O) groups is 1. The van der Waals surface area contributed by atoms with Gasteiger partial charge in [0, 0.05) is 6.08 Å². The molecule has 1 aromatic carbocycles. The Morgan fingerprint density at radius 2 is 1.95 bits per heavy atom. The van der Waals surface area contributed by atoms with Gasteiger partial charge in [0.1, 0.15) is 5.75 Å². The molecule has 0 saturated carbocycles. The third-order valence-electron chi connectivity index (χ3n) is 2.51. The summed E-state index contributed by atoms with van der Waals surface area (Å²) < 4.78 is 5.65. The molecule has 0 radical (unpaired) electrons. The summed E-state index contributed by atoms with van der Waals surface area (Å²) in [4.78, 5) is 11.7. The number of hydrogen-bond acceptors (Lipinski definition) is 2. The van der Waals surface area contributed by atoms with Crippen LogP contribution < -0.4 is 10.1 Å². The Morgan fingerprint density at radius 3 is 2.53 bits per heavy atom. The SMILES string of the molecule is CC(C)=CC(=O)NC(C)c1cccc(OC(C)C)c1. The molecule has 0 bridgehead atoms. The largest absolute Gasteiger partial charge is 0.491 e. The maximum absolute atomic E-state index is 11.7. The molecule has 3 nitrogen and oxygen atoms in total. The molecule has 0 aliphatic heterocycles. The number of ether oxygens (including phenoxy) is 1. The maximum Gasteiger partial charge on any atom is 0.244 e. The summed E-state index contributed by atoms with van der Waals surface area (Å²) >= 11 is 0. The molecule has 0 saturated heterocycles. The van der Waals surface area contributed by atoms with Crippen molar-refractivity contribution >= 4 is 5.91 Å². The highest BCUT2D eigenvalue weighted by atomic mass is 16.5. The topological polar surface area (TPSA) is 38.3 Å². The van der Waals surface area contributed by atoms with Crippen molar-refractivity contribution < 1.29 is 9.53 Å². The molecule has 1 aromatic rings. The average Bonchev–Trinajstić information content (AvgIpc) is 2.27. The molecule has 1 atom stereocenters. The van der Waals surface area contributed by atoms with Gasteiger partial charge < -0.3 is 10.1 Å². The predicted molar refractivity (Wildman–Crippen MR) is 78.2 cm³/mol. The van der Waals surface area contributed by atoms with Crippen molar-refractivity contribution in [2.45, 2.75) is 46.8 Å². The van der Waals surface area contributed by atoms with Crippen molar-refractivity contribution in [2.75, 3.05) is 0 Å². The van der Waals surface area contributed by atoms with Gasteiger partial charge in [0.05, 0.1) is 12.1 Å². The molecular weight excluding hydrogens is 238 g/mol. The van der Waals surface area contributed by atoms with Gasteiger partial charge in [0.2, 0.25) is 5.91 Å². The summed E-state index contributed by atoms with van der Waals surface area (Å²) in [6.45, 7) is 9.76. The smallest absolute Gasteiger partial charge is 0.244 e. The zero-order valence-electron chi connectivity index (χ0n) is 12.4. The molecular formula is C16H23NO2. The van der Waals surface area contributed by atoms with Gasteiger partial charge in [-0.1, -0.05) is 17.7 Å². The molecule has 0 fully saturated rings. The number of rotatable bonds is 5. The normalized spacial score (nSPS) is 11.9. The van der Waals surface area contributed by atoms with Crippen LogP contribution in [0.1, 0.15) is 46.2 Å². The Kier molecular flexibility index (Phi) is 5.61. The van der Waals surface area contributed by atoms with Crippen LogP contribution in [0, 0.1) is 0 Å². The molecule has 19 heavy (non-hydrogen) atoms. The van der Waals surface area contributed by atoms with Gasteiger partial charge in [-0.15, -0.1) is 0 Å². The Hall–Kier alpha value is -1.77. The van der Waals surface area contributed by atoms with Crippen LogP contribution in [0.15, 0.2) is 35.9 Å². The molecule has 0 aliphatic rings. The number of amides is 1. The minimum atomic E-state index is -0.0670. The minimum absolute atomic E-state index is 0.0428. The van der Waals surface area contributed by atoms with E-state index in [0.29, 0.717) is 0 Å². The number of hydrogen-bond donors (Lipinski definition) is 1. The summed E-state index contributed by atoms with van der Waals surface area (Å²) in [5, 5.41) is 2.94. The number of nitrogens with one attached hydrogen (secondary N) is 1. The van der Waals surface area contributed by atoms with E-state index in [-0.39, 0.29) is 18.1 Å². The van der Waals surface area contributed by atoms with Crippen LogP contribution in [-0.2, 0) is 4.79 Å². The fourth-order valence-electron chi connectivity index (χ4n) is 1.73. The first kappa shape index (κ1) is 15.3. The van der Waals surface area contributed by atoms with Crippen LogP contribution in [0.4, 0.5) is 0 Å². The number of carbonyl (C=O) groups excluding carboxylic acids is 1. The van der Waals surface area contributed by atoms with Gasteiger partial charge in [-0.25, -0.2) is 0 Å². The fourth-order valence-corrected chi connectivity index (χ4v) is 1.73. The lowest BCUT2D eigenvalue weighted by Gasteiger charge is -2.16. The number of benzene rings is 1. The second-order valence-electron chi connectivity index (χ2n) is 5.19. The lowest BCUT2D eigenvalue weighted by Crippen LogP contribution is -2.25. The van der Waals surface area contributed by atoms with Gasteiger partial charge in [0.15, 0.2) is 0 Å². The quantitative estimate of drug-likeness (QED) is 0.822. The van der Waals surface area contributed by atoms with Crippen LogP contribution in [0.3, 0.4) is 0 Å². The highest BCUT2D eigenvalue weighted by Gasteiger charge is 2.09. The molecule has 0 spiro atoms. The highest BCUT2D eigenvalue weighted by molar-refractivity contribution is 5.88. The number of allylic oxidation sites excluding steroid dienone is 1. The van der Waals surface area contributed by atoms with Crippen molar-refractivity contribution in [3.63, 3.8) is 0 Å². The van der Waals surface area contributed by atoms with E-state index in [1.807, 2.05) is 58.9 Å². The lowest BCUT2D eigenvalue weighted by molar-refractivity contribution is -0.117. The molecule has 0 aliphatic carbocycles. The van der Waals surface area contributed by atoms with Crippen LogP contribution in [0.2, 0.25) is 0 Å². The third kappa shape index (κ3) is 5.60. The van der Waals surface area contributed by atoms with Crippen molar-refractivity contribution in [1.82, 2.24) is 5.32 Å². The van der Waals surface area contributed by atoms with Crippen LogP contribution in [-0.4, -0.2) is 12.0 Å².